The fraction of sp³-hybridized carbons (Fsp3) is 0.467. The van der Waals surface area contributed by atoms with E-state index in [1.807, 2.05) is 18.2 Å². The zero-order chi connectivity index (χ0) is 15.7. The fourth-order valence-corrected chi connectivity index (χ4v) is 1.99. The number of methoxy groups -OCH3 is 1. The molecule has 116 valence electrons. The summed E-state index contributed by atoms with van der Waals surface area (Å²) < 4.78 is 9.74. The Kier molecular flexibility index (Phi) is 7.79. The lowest BCUT2D eigenvalue weighted by Crippen LogP contribution is -2.35. The van der Waals surface area contributed by atoms with Gasteiger partial charge in [-0.05, 0) is 18.6 Å². The van der Waals surface area contributed by atoms with Gasteiger partial charge in [0.1, 0.15) is 6.61 Å². The number of nitrogens with zero attached hydrogens (tertiary/aromatic N) is 1. The van der Waals surface area contributed by atoms with Crippen molar-refractivity contribution < 1.29 is 19.1 Å². The molecule has 0 heterocycles. The highest BCUT2D eigenvalue weighted by molar-refractivity contribution is 6.31. The molecule has 0 aromatic heterocycles. The van der Waals surface area contributed by atoms with Crippen molar-refractivity contribution in [1.82, 2.24) is 4.90 Å². The van der Waals surface area contributed by atoms with Gasteiger partial charge < -0.3 is 14.4 Å². The third-order valence-electron chi connectivity index (χ3n) is 2.83. The van der Waals surface area contributed by atoms with Gasteiger partial charge in [0.15, 0.2) is 0 Å². The molecule has 1 aromatic carbocycles. The highest BCUT2D eigenvalue weighted by atomic mass is 35.5. The van der Waals surface area contributed by atoms with Crippen LogP contribution >= 0.6 is 11.6 Å². The maximum Gasteiger partial charge on any atom is 0.307 e. The molecule has 0 radical (unpaired) electrons. The maximum absolute atomic E-state index is 12.0. The van der Waals surface area contributed by atoms with Crippen LogP contribution in [0.4, 0.5) is 0 Å². The Morgan fingerprint density at radius 1 is 1.29 bits per heavy atom. The molecule has 0 aliphatic heterocycles. The van der Waals surface area contributed by atoms with Gasteiger partial charge in [-0.15, -0.1) is 0 Å². The second-order valence-electron chi connectivity index (χ2n) is 4.39. The van der Waals surface area contributed by atoms with Gasteiger partial charge in [0.05, 0.1) is 13.0 Å². The first-order valence-corrected chi connectivity index (χ1v) is 7.12. The van der Waals surface area contributed by atoms with Crippen LogP contribution in [-0.4, -0.2) is 43.6 Å². The number of amides is 1. The maximum atomic E-state index is 12.0. The number of carbonyl (C=O) groups excluding carboxylic acids is 2. The predicted molar refractivity (Wildman–Crippen MR) is 80.0 cm³/mol. The van der Waals surface area contributed by atoms with Crippen LogP contribution < -0.4 is 0 Å². The van der Waals surface area contributed by atoms with Crippen LogP contribution in [0.3, 0.4) is 0 Å². The summed E-state index contributed by atoms with van der Waals surface area (Å²) in [4.78, 5) is 25.0. The molecule has 6 heteroatoms. The largest absolute Gasteiger partial charge is 0.466 e. The van der Waals surface area contributed by atoms with Crippen molar-refractivity contribution in [3.63, 3.8) is 0 Å². The minimum Gasteiger partial charge on any atom is -0.466 e. The van der Waals surface area contributed by atoms with Crippen LogP contribution in [-0.2, 0) is 25.6 Å². The van der Waals surface area contributed by atoms with Crippen molar-refractivity contribution in [2.45, 2.75) is 19.9 Å². The number of ether oxygens (including phenoxy) is 2. The SMILES string of the molecule is CCOC(=O)CCN(Cc1ccccc1Cl)C(=O)COC. The third-order valence-corrected chi connectivity index (χ3v) is 3.20. The lowest BCUT2D eigenvalue weighted by atomic mass is 10.2. The summed E-state index contributed by atoms with van der Waals surface area (Å²) in [7, 11) is 1.46. The number of esters is 1. The minimum absolute atomic E-state index is 0.0344. The average Bonchev–Trinajstić information content (AvgIpc) is 2.45. The summed E-state index contributed by atoms with van der Waals surface area (Å²) >= 11 is 6.10. The Labute approximate surface area is 129 Å². The monoisotopic (exact) mass is 313 g/mol. The Morgan fingerprint density at radius 3 is 2.62 bits per heavy atom. The molecular weight excluding hydrogens is 294 g/mol. The molecule has 0 bridgehead atoms. The third kappa shape index (κ3) is 6.14. The number of hydrogen-bond acceptors (Lipinski definition) is 4. The van der Waals surface area contributed by atoms with E-state index in [9.17, 15) is 9.59 Å². The quantitative estimate of drug-likeness (QED) is 0.691. The van der Waals surface area contributed by atoms with Crippen LogP contribution in [0.25, 0.3) is 0 Å². The Balaban J connectivity index is 2.71. The first-order chi connectivity index (χ1) is 10.1. The van der Waals surface area contributed by atoms with Crippen LogP contribution in [0.2, 0.25) is 5.02 Å². The lowest BCUT2D eigenvalue weighted by Gasteiger charge is -2.22. The van der Waals surface area contributed by atoms with Crippen LogP contribution in [0.1, 0.15) is 18.9 Å². The van der Waals surface area contributed by atoms with E-state index in [0.717, 1.165) is 5.56 Å². The second kappa shape index (κ2) is 9.37. The zero-order valence-corrected chi connectivity index (χ0v) is 13.1. The van der Waals surface area contributed by atoms with Gasteiger partial charge in [0.25, 0.3) is 0 Å². The van der Waals surface area contributed by atoms with E-state index in [-0.39, 0.29) is 31.4 Å². The molecule has 0 aliphatic rings. The molecule has 1 rings (SSSR count). The topological polar surface area (TPSA) is 55.8 Å². The molecule has 21 heavy (non-hydrogen) atoms. The Morgan fingerprint density at radius 2 is 2.00 bits per heavy atom. The standard InChI is InChI=1S/C15H20ClNO4/c1-3-21-15(19)8-9-17(14(18)11-20-2)10-12-6-4-5-7-13(12)16/h4-7H,3,8-11H2,1-2H3. The number of rotatable bonds is 8. The number of benzene rings is 1. The van der Waals surface area contributed by atoms with Crippen LogP contribution in [0.15, 0.2) is 24.3 Å². The first-order valence-electron chi connectivity index (χ1n) is 6.74. The molecule has 5 nitrogen and oxygen atoms in total. The number of carbonyl (C=O) groups is 2. The molecule has 0 atom stereocenters. The van der Waals surface area contributed by atoms with Crippen molar-refractivity contribution in [2.75, 3.05) is 26.9 Å². The van der Waals surface area contributed by atoms with Gasteiger partial charge in [0.2, 0.25) is 5.91 Å². The molecule has 1 aromatic rings. The molecule has 0 aliphatic carbocycles. The Bertz CT molecular complexity index is 478. The normalized spacial score (nSPS) is 10.2. The van der Waals surface area contributed by atoms with Crippen molar-refractivity contribution in [2.24, 2.45) is 0 Å². The average molecular weight is 314 g/mol. The minimum atomic E-state index is -0.327. The van der Waals surface area contributed by atoms with E-state index in [1.165, 1.54) is 7.11 Å². The first kappa shape index (κ1) is 17.5. The summed E-state index contributed by atoms with van der Waals surface area (Å²) in [6.45, 7) is 2.64. The molecular formula is C15H20ClNO4. The van der Waals surface area contributed by atoms with Gasteiger partial charge >= 0.3 is 5.97 Å². The van der Waals surface area contributed by atoms with Crippen molar-refractivity contribution in [3.05, 3.63) is 34.9 Å². The predicted octanol–water partition coefficient (Wildman–Crippen LogP) is 2.27. The number of hydrogen-bond donors (Lipinski definition) is 0. The van der Waals surface area contributed by atoms with Crippen molar-refractivity contribution in [3.8, 4) is 0 Å². The molecule has 1 amide bonds. The molecule has 0 spiro atoms. The smallest absolute Gasteiger partial charge is 0.307 e. The van der Waals surface area contributed by atoms with Gasteiger partial charge in [-0.1, -0.05) is 29.8 Å². The summed E-state index contributed by atoms with van der Waals surface area (Å²) in [5.41, 5.74) is 0.826. The van der Waals surface area contributed by atoms with E-state index in [1.54, 1.807) is 17.9 Å². The summed E-state index contributed by atoms with van der Waals surface area (Å²) in [5.74, 6) is -0.520. The van der Waals surface area contributed by atoms with Crippen molar-refractivity contribution in [1.29, 1.82) is 0 Å². The van der Waals surface area contributed by atoms with Crippen LogP contribution in [0.5, 0.6) is 0 Å². The van der Waals surface area contributed by atoms with Crippen molar-refractivity contribution >= 4 is 23.5 Å². The summed E-state index contributed by atoms with van der Waals surface area (Å²) in [5, 5.41) is 0.587. The Hall–Kier alpha value is -1.59. The summed E-state index contributed by atoms with van der Waals surface area (Å²) in [6, 6.07) is 7.29. The summed E-state index contributed by atoms with van der Waals surface area (Å²) in [6.07, 6.45) is 0.147. The van der Waals surface area contributed by atoms with E-state index >= 15 is 0 Å². The highest BCUT2D eigenvalue weighted by Gasteiger charge is 2.16. The van der Waals surface area contributed by atoms with E-state index in [4.69, 9.17) is 21.1 Å². The van der Waals surface area contributed by atoms with Gasteiger partial charge in [-0.2, -0.15) is 0 Å². The molecule has 0 unspecified atom stereocenters. The second-order valence-corrected chi connectivity index (χ2v) is 4.80. The molecule has 0 N–H and O–H groups in total. The van der Waals surface area contributed by atoms with Gasteiger partial charge in [-0.3, -0.25) is 9.59 Å². The van der Waals surface area contributed by atoms with Crippen LogP contribution in [0, 0.1) is 0 Å². The molecule has 0 fully saturated rings. The van der Waals surface area contributed by atoms with E-state index < -0.39 is 0 Å². The molecule has 0 saturated heterocycles. The fourth-order valence-electron chi connectivity index (χ4n) is 1.80. The van der Waals surface area contributed by atoms with Gasteiger partial charge in [0, 0.05) is 25.2 Å². The van der Waals surface area contributed by atoms with E-state index in [0.29, 0.717) is 18.2 Å². The number of halogens is 1. The highest BCUT2D eigenvalue weighted by Crippen LogP contribution is 2.17. The zero-order valence-electron chi connectivity index (χ0n) is 12.3. The van der Waals surface area contributed by atoms with Gasteiger partial charge in [-0.25, -0.2) is 0 Å². The molecule has 0 saturated carbocycles. The van der Waals surface area contributed by atoms with E-state index in [2.05, 4.69) is 0 Å². The lowest BCUT2D eigenvalue weighted by molar-refractivity contribution is -0.144.